The Kier molecular flexibility index (Phi) is 20.6. The number of benzene rings is 2. The number of aliphatic hydroxyl groups is 1. The van der Waals surface area contributed by atoms with Gasteiger partial charge in [-0.25, -0.2) is 0 Å². The number of rotatable bonds is 15. The molecule has 22 nitrogen and oxygen atoms in total. The zero-order valence-corrected chi connectivity index (χ0v) is 49.8. The van der Waals surface area contributed by atoms with E-state index in [0.29, 0.717) is 38.3 Å². The molecular formula is C56H83N5O17P2. The number of nitrogens with zero attached hydrogens (tertiary/aromatic N) is 4. The molecule has 0 saturated carbocycles. The molecule has 1 fully saturated rings. The fourth-order valence-electron chi connectivity index (χ4n) is 11.2. The Morgan fingerprint density at radius 2 is 1.51 bits per heavy atom. The van der Waals surface area contributed by atoms with Gasteiger partial charge in [0, 0.05) is 87.3 Å². The molecule has 5 bridgehead atoms. The van der Waals surface area contributed by atoms with E-state index in [1.54, 1.807) is 45.9 Å². The number of carbonyl (C=O) groups is 4. The lowest BCUT2D eigenvalue weighted by Crippen LogP contribution is -2.44. The van der Waals surface area contributed by atoms with Crippen LogP contribution in [0.5, 0.6) is 17.2 Å². The maximum absolute atomic E-state index is 14.9. The summed E-state index contributed by atoms with van der Waals surface area (Å²) in [5, 5.41) is 37.2. The van der Waals surface area contributed by atoms with Gasteiger partial charge in [0.05, 0.1) is 35.2 Å². The smallest absolute Gasteiger partial charge is 0.340 e. The molecule has 1 saturated heterocycles. The maximum atomic E-state index is 14.9. The zero-order chi connectivity index (χ0) is 59.6. The Morgan fingerprint density at radius 3 is 2.12 bits per heavy atom. The first-order valence-electron chi connectivity index (χ1n) is 27.6. The van der Waals surface area contributed by atoms with Gasteiger partial charge in [0.25, 0.3) is 11.7 Å². The Labute approximate surface area is 467 Å². The third kappa shape index (κ3) is 14.2. The largest absolute Gasteiger partial charge is 0.507 e. The number of esters is 2. The van der Waals surface area contributed by atoms with Crippen molar-refractivity contribution in [1.82, 2.24) is 9.80 Å². The molecule has 0 unspecified atom stereocenters. The van der Waals surface area contributed by atoms with Crippen LogP contribution in [-0.4, -0.2) is 143 Å². The predicted molar refractivity (Wildman–Crippen MR) is 298 cm³/mol. The van der Waals surface area contributed by atoms with Gasteiger partial charge in [0.1, 0.15) is 35.3 Å². The molecule has 444 valence electrons. The summed E-state index contributed by atoms with van der Waals surface area (Å²) in [6.07, 6.45) is 6.66. The minimum Gasteiger partial charge on any atom is -0.507 e. The molecule has 0 aromatic heterocycles. The molecule has 5 heterocycles. The maximum Gasteiger partial charge on any atom is 0.340 e. The van der Waals surface area contributed by atoms with Crippen LogP contribution in [0.1, 0.15) is 124 Å². The number of phenols is 2. The fourth-order valence-corrected chi connectivity index (χ4v) is 13.7. The van der Waals surface area contributed by atoms with Crippen molar-refractivity contribution in [2.24, 2.45) is 51.4 Å². The molecule has 0 aliphatic carbocycles. The van der Waals surface area contributed by atoms with Crippen LogP contribution in [0, 0.1) is 48.3 Å². The van der Waals surface area contributed by atoms with Crippen molar-refractivity contribution >= 4 is 55.3 Å². The van der Waals surface area contributed by atoms with Gasteiger partial charge in [0.2, 0.25) is 0 Å². The Hall–Kier alpha value is -5.02. The number of anilines is 1. The highest BCUT2D eigenvalue weighted by molar-refractivity contribution is 7.70. The van der Waals surface area contributed by atoms with Gasteiger partial charge in [-0.05, 0) is 62.4 Å². The minimum atomic E-state index is -5.33. The van der Waals surface area contributed by atoms with E-state index in [0.717, 1.165) is 6.54 Å². The number of amides is 1. The van der Waals surface area contributed by atoms with Gasteiger partial charge in [-0.3, -0.25) is 43.2 Å². The van der Waals surface area contributed by atoms with Gasteiger partial charge < -0.3 is 64.1 Å². The number of aromatic hydroxyl groups is 2. The van der Waals surface area contributed by atoms with Gasteiger partial charge in [0.15, 0.2) is 16.8 Å². The van der Waals surface area contributed by atoms with E-state index >= 15 is 0 Å². The second-order valence-electron chi connectivity index (χ2n) is 23.1. The quantitative estimate of drug-likeness (QED) is 0.0547. The lowest BCUT2D eigenvalue weighted by Gasteiger charge is -2.38. The van der Waals surface area contributed by atoms with E-state index in [1.807, 2.05) is 27.7 Å². The third-order valence-corrected chi connectivity index (χ3v) is 20.4. The molecule has 0 radical (unpaired) electrons. The fraction of sp³-hybridized carbons (Fsp3) is 0.643. The molecule has 1 spiro atoms. The number of carbonyl (C=O) groups excluding carboxylic acids is 4. The average Bonchev–Trinajstić information content (AvgIpc) is 4.10. The highest BCUT2D eigenvalue weighted by atomic mass is 31.2. The predicted octanol–water partition coefficient (Wildman–Crippen LogP) is 6.34. The molecule has 8 N–H and O–H groups in total. The van der Waals surface area contributed by atoms with E-state index in [1.165, 1.54) is 31.1 Å². The molecule has 9 atom stereocenters. The van der Waals surface area contributed by atoms with Crippen LogP contribution in [0.4, 0.5) is 5.69 Å². The Bertz CT molecular complexity index is 2980. The number of piperidine rings is 1. The molecule has 5 aliphatic rings. The molecule has 80 heavy (non-hydrogen) atoms. The van der Waals surface area contributed by atoms with E-state index in [-0.39, 0.29) is 86.9 Å². The minimum absolute atomic E-state index is 0.0431. The first-order chi connectivity index (χ1) is 37.2. The zero-order valence-electron chi connectivity index (χ0n) is 48.0. The van der Waals surface area contributed by atoms with E-state index in [2.05, 4.69) is 24.1 Å². The first kappa shape index (κ1) is 64.2. The summed E-state index contributed by atoms with van der Waals surface area (Å²) in [5.74, 6) is -7.42. The van der Waals surface area contributed by atoms with Crippen LogP contribution in [0.3, 0.4) is 0 Å². The molecule has 24 heteroatoms. The number of nitrogens with one attached hydrogen (secondary N) is 1. The molecular weight excluding hydrogens is 1080 g/mol. The number of hydrogen-bond acceptors (Lipinski definition) is 17. The van der Waals surface area contributed by atoms with Gasteiger partial charge in [-0.1, -0.05) is 80.5 Å². The summed E-state index contributed by atoms with van der Waals surface area (Å²) >= 11 is 0. The van der Waals surface area contributed by atoms with Crippen molar-refractivity contribution in [2.45, 2.75) is 144 Å². The number of ketones is 1. The third-order valence-electron chi connectivity index (χ3n) is 16.5. The molecule has 1 amide bonds. The highest BCUT2D eigenvalue weighted by Crippen LogP contribution is 2.61. The summed E-state index contributed by atoms with van der Waals surface area (Å²) in [4.78, 5) is 109. The summed E-state index contributed by atoms with van der Waals surface area (Å²) in [6.45, 7) is 22.7. The second-order valence-corrected chi connectivity index (χ2v) is 27.1. The molecule has 7 rings (SSSR count). The Balaban J connectivity index is 1.41. The van der Waals surface area contributed by atoms with Crippen molar-refractivity contribution in [3.8, 4) is 17.2 Å². The number of likely N-dealkylation sites (tertiary alicyclic amines) is 1. The number of aliphatic hydroxyl groups excluding tert-OH is 1. The van der Waals surface area contributed by atoms with Crippen LogP contribution in [0.2, 0.25) is 0 Å². The number of hydrogen-bond donors (Lipinski definition) is 8. The summed E-state index contributed by atoms with van der Waals surface area (Å²) in [6, 6.07) is 0. The number of ether oxygens (including phenoxy) is 4. The van der Waals surface area contributed by atoms with Gasteiger partial charge in [-0.15, -0.1) is 0 Å². The van der Waals surface area contributed by atoms with E-state index in [9.17, 15) is 63.2 Å². The first-order valence-corrected chi connectivity index (χ1v) is 31.0. The summed E-state index contributed by atoms with van der Waals surface area (Å²) < 4.78 is 48.4. The highest BCUT2D eigenvalue weighted by Gasteiger charge is 2.50. The lowest BCUT2D eigenvalue weighted by molar-refractivity contribution is -0.159. The van der Waals surface area contributed by atoms with Crippen molar-refractivity contribution in [1.29, 1.82) is 0 Å². The number of phenolic OH excluding ortho intramolecular Hbond substituents is 2. The summed E-state index contributed by atoms with van der Waals surface area (Å²) in [5.41, 5.74) is -0.806. The lowest BCUT2D eigenvalue weighted by atomic mass is 9.72. The molecule has 5 aliphatic heterocycles. The normalized spacial score (nSPS) is 28.2. The van der Waals surface area contributed by atoms with Crippen LogP contribution in [0.25, 0.3) is 10.8 Å². The van der Waals surface area contributed by atoms with Crippen molar-refractivity contribution in [3.63, 3.8) is 0 Å². The van der Waals surface area contributed by atoms with Crippen molar-refractivity contribution in [2.75, 3.05) is 51.2 Å². The van der Waals surface area contributed by atoms with Crippen LogP contribution in [0.15, 0.2) is 46.1 Å². The van der Waals surface area contributed by atoms with Crippen molar-refractivity contribution < 1.29 is 82.1 Å². The number of allylic oxidation sites excluding steroid dienone is 3. The van der Waals surface area contributed by atoms with E-state index < -0.39 is 117 Å². The van der Waals surface area contributed by atoms with Crippen LogP contribution >= 0.6 is 15.2 Å². The average molecular weight is 1160 g/mol. The topological polar surface area (TPSA) is 324 Å². The van der Waals surface area contributed by atoms with Crippen molar-refractivity contribution in [3.05, 3.63) is 58.0 Å². The van der Waals surface area contributed by atoms with Crippen LogP contribution in [-0.2, 0) is 37.7 Å². The second kappa shape index (κ2) is 25.6. The van der Waals surface area contributed by atoms with E-state index in [4.69, 9.17) is 28.9 Å². The number of Topliss-reactive ketones (excluding diaryl/α,β-unsaturated/α-hetero) is 1. The molecule has 2 aromatic carbocycles. The monoisotopic (exact) mass is 1160 g/mol. The van der Waals surface area contributed by atoms with Crippen LogP contribution < -0.4 is 20.8 Å². The summed E-state index contributed by atoms with van der Waals surface area (Å²) in [7, 11) is -10.7. The van der Waals surface area contributed by atoms with Gasteiger partial charge >= 0.3 is 32.9 Å². The number of fused-ring (bicyclic) bond motifs is 13. The SMILES string of the molecule is CCCC(=O)OCCN(CCC(P(=O)(O)O)P(=O)(O)O)CC(=O)O[C@@H]1[C@@H](C)[C@@H](O)[C@@H](C)[C@H](C)[C@H](C)[C@@H](C)/C=C/O[C@@]2(C)Oc3c(C)c(O)c4c(O)c(c5c(c4c3C2=O)=NC2(CCN(CC(C)C)CC2)N=5)NC(=O)/C(C)=C\C=C\[C@@H]1C. The standard InChI is InChI=1S/C56H83N5O17P2/c1-13-15-39(62)75-27-25-60(22-18-41(79(69,70)71)80(72,73)74)29-40(63)77-51-32(5)16-14-17-33(6)54(68)57-47-46-45(58-56(59-46)20-23-61(24-21-56)28-30(2)3)42-43(50(47)66)49(65)38(11)52-44(42)53(67)55(12,78-52)76-26-19-31(4)34(7)35(8)36(9)48(64)37(51)10/h14,16-17,19,26,30-32,34-37,41,48,51,64-66H,13,15,18,20-25,27-29H2,1-12H3,(H,57,68)(H2,69,70,71)(H2,72,73,74)/b16-14+,26-19+,33-17-/t31-,32-,34+,35+,36-,37-,48-,51-,55-/m0/s1. The Morgan fingerprint density at radius 1 is 0.875 bits per heavy atom. The van der Waals surface area contributed by atoms with Gasteiger partial charge in [-0.2, -0.15) is 0 Å². The molecule has 2 aromatic rings.